The number of aromatic carboxylic acids is 1. The number of carbonyl (C=O) groups excluding carboxylic acids is 2. The number of nitrogens with one attached hydrogen (secondary N) is 2. The molecule has 4 rings (SSSR count). The van der Waals surface area contributed by atoms with Gasteiger partial charge in [-0.25, -0.2) is 9.59 Å². The highest BCUT2D eigenvalue weighted by Crippen LogP contribution is 2.44. The van der Waals surface area contributed by atoms with Gasteiger partial charge < -0.3 is 20.5 Å². The third kappa shape index (κ3) is 5.19. The molecule has 3 aromatic carbocycles. The number of hydrogen-bond acceptors (Lipinski definition) is 4. The minimum Gasteiger partial charge on any atom is -0.478 e. The van der Waals surface area contributed by atoms with Crippen molar-refractivity contribution < 1.29 is 24.2 Å². The summed E-state index contributed by atoms with van der Waals surface area (Å²) in [5, 5.41) is 14.8. The van der Waals surface area contributed by atoms with Gasteiger partial charge in [-0.3, -0.25) is 4.79 Å². The summed E-state index contributed by atoms with van der Waals surface area (Å²) < 4.78 is 5.59. The summed E-state index contributed by atoms with van der Waals surface area (Å²) in [6, 6.07) is 20.5. The summed E-state index contributed by atoms with van der Waals surface area (Å²) in [5.74, 6) is -1.41. The summed E-state index contributed by atoms with van der Waals surface area (Å²) in [5.41, 5.74) is 5.62. The minimum absolute atomic E-state index is 0.0391. The summed E-state index contributed by atoms with van der Waals surface area (Å²) in [7, 11) is 0. The van der Waals surface area contributed by atoms with Crippen LogP contribution in [0, 0.1) is 6.92 Å². The van der Waals surface area contributed by atoms with Crippen molar-refractivity contribution in [1.29, 1.82) is 0 Å². The first kappa shape index (κ1) is 24.0. The molecule has 0 aromatic heterocycles. The van der Waals surface area contributed by atoms with E-state index in [1.54, 1.807) is 19.1 Å². The van der Waals surface area contributed by atoms with Crippen LogP contribution in [0.1, 0.15) is 52.7 Å². The Morgan fingerprint density at radius 3 is 2.17 bits per heavy atom. The molecule has 0 saturated carbocycles. The van der Waals surface area contributed by atoms with Crippen molar-refractivity contribution >= 4 is 23.7 Å². The van der Waals surface area contributed by atoms with E-state index in [4.69, 9.17) is 4.74 Å². The van der Waals surface area contributed by atoms with E-state index in [9.17, 15) is 19.5 Å². The molecule has 0 fully saturated rings. The quantitative estimate of drug-likeness (QED) is 0.411. The first-order chi connectivity index (χ1) is 16.9. The second-order valence-electron chi connectivity index (χ2n) is 8.61. The predicted molar refractivity (Wildman–Crippen MR) is 134 cm³/mol. The van der Waals surface area contributed by atoms with Crippen LogP contribution in [0.5, 0.6) is 0 Å². The normalized spacial score (nSPS) is 12.9. The number of carboxylic acids is 1. The van der Waals surface area contributed by atoms with E-state index >= 15 is 0 Å². The fourth-order valence-electron chi connectivity index (χ4n) is 4.53. The van der Waals surface area contributed by atoms with Crippen LogP contribution < -0.4 is 10.6 Å². The van der Waals surface area contributed by atoms with Gasteiger partial charge in [0.25, 0.3) is 0 Å². The molecule has 0 heterocycles. The molecular formula is C28H28N2O5. The lowest BCUT2D eigenvalue weighted by Gasteiger charge is -2.19. The van der Waals surface area contributed by atoms with E-state index in [0.717, 1.165) is 22.3 Å². The Balaban J connectivity index is 1.35. The smallest absolute Gasteiger partial charge is 0.407 e. The summed E-state index contributed by atoms with van der Waals surface area (Å²) in [6.07, 6.45) is -0.000932. The maximum atomic E-state index is 12.6. The van der Waals surface area contributed by atoms with E-state index < -0.39 is 18.1 Å². The largest absolute Gasteiger partial charge is 0.478 e. The van der Waals surface area contributed by atoms with Crippen LogP contribution in [-0.4, -0.2) is 35.7 Å². The Morgan fingerprint density at radius 1 is 0.943 bits per heavy atom. The van der Waals surface area contributed by atoms with Crippen molar-refractivity contribution in [1.82, 2.24) is 5.32 Å². The average Bonchev–Trinajstić information content (AvgIpc) is 3.17. The molecule has 3 aromatic rings. The molecule has 1 aliphatic rings. The molecule has 0 saturated heterocycles. The SMILES string of the molecule is CC[C@H](CC(=O)Nc1cccc(C(=O)O)c1C)NC(=O)OCC1c2ccccc2-c2ccccc21. The highest BCUT2D eigenvalue weighted by atomic mass is 16.5. The van der Waals surface area contributed by atoms with Crippen LogP contribution in [0.2, 0.25) is 0 Å². The van der Waals surface area contributed by atoms with Gasteiger partial charge in [-0.05, 0) is 53.3 Å². The first-order valence-corrected chi connectivity index (χ1v) is 11.6. The number of rotatable bonds is 8. The Morgan fingerprint density at radius 2 is 1.57 bits per heavy atom. The molecule has 0 bridgehead atoms. The van der Waals surface area contributed by atoms with Gasteiger partial charge in [0.2, 0.25) is 5.91 Å². The van der Waals surface area contributed by atoms with Gasteiger partial charge >= 0.3 is 12.1 Å². The average molecular weight is 473 g/mol. The molecule has 0 spiro atoms. The monoisotopic (exact) mass is 472 g/mol. The number of carbonyl (C=O) groups is 3. The molecule has 0 aliphatic heterocycles. The van der Waals surface area contributed by atoms with Crippen molar-refractivity contribution in [3.8, 4) is 11.1 Å². The van der Waals surface area contributed by atoms with Crippen LogP contribution in [0.25, 0.3) is 11.1 Å². The molecule has 2 amide bonds. The maximum Gasteiger partial charge on any atom is 0.407 e. The highest BCUT2D eigenvalue weighted by Gasteiger charge is 2.29. The Kier molecular flexibility index (Phi) is 7.15. The predicted octanol–water partition coefficient (Wildman–Crippen LogP) is 5.34. The third-order valence-electron chi connectivity index (χ3n) is 6.43. The molecule has 35 heavy (non-hydrogen) atoms. The van der Waals surface area contributed by atoms with Gasteiger partial charge in [-0.15, -0.1) is 0 Å². The lowest BCUT2D eigenvalue weighted by Crippen LogP contribution is -2.38. The van der Waals surface area contributed by atoms with E-state index in [1.165, 1.54) is 6.07 Å². The number of fused-ring (bicyclic) bond motifs is 3. The lowest BCUT2D eigenvalue weighted by atomic mass is 9.98. The van der Waals surface area contributed by atoms with Crippen molar-refractivity contribution in [2.75, 3.05) is 11.9 Å². The Hall–Kier alpha value is -4.13. The van der Waals surface area contributed by atoms with Crippen LogP contribution in [0.15, 0.2) is 66.7 Å². The molecular weight excluding hydrogens is 444 g/mol. The van der Waals surface area contributed by atoms with Crippen LogP contribution >= 0.6 is 0 Å². The molecule has 7 heteroatoms. The number of amides is 2. The Labute approximate surface area is 204 Å². The number of ether oxygens (including phenoxy) is 1. The van der Waals surface area contributed by atoms with Gasteiger partial charge in [-0.2, -0.15) is 0 Å². The molecule has 1 aliphatic carbocycles. The van der Waals surface area contributed by atoms with Crippen molar-refractivity contribution in [2.45, 2.75) is 38.6 Å². The fourth-order valence-corrected chi connectivity index (χ4v) is 4.53. The molecule has 0 radical (unpaired) electrons. The van der Waals surface area contributed by atoms with Gasteiger partial charge in [0, 0.05) is 24.1 Å². The van der Waals surface area contributed by atoms with Gasteiger partial charge in [0.1, 0.15) is 6.61 Å². The number of hydrogen-bond donors (Lipinski definition) is 3. The molecule has 7 nitrogen and oxygen atoms in total. The third-order valence-corrected chi connectivity index (χ3v) is 6.43. The van der Waals surface area contributed by atoms with Crippen LogP contribution in [0.4, 0.5) is 10.5 Å². The minimum atomic E-state index is -1.05. The zero-order chi connectivity index (χ0) is 24.9. The lowest BCUT2D eigenvalue weighted by molar-refractivity contribution is -0.116. The van der Waals surface area contributed by atoms with Crippen LogP contribution in [0.3, 0.4) is 0 Å². The van der Waals surface area contributed by atoms with E-state index in [0.29, 0.717) is 17.7 Å². The standard InChI is InChI=1S/C28H28N2O5/c1-3-18(15-26(31)30-25-14-8-13-19(17(25)2)27(32)33)29-28(34)35-16-24-22-11-6-4-9-20(22)21-10-5-7-12-23(21)24/h4-14,18,24H,3,15-16H2,1-2H3,(H,29,34)(H,30,31)(H,32,33)/t18-/m1/s1. The van der Waals surface area contributed by atoms with Crippen molar-refractivity contribution in [3.63, 3.8) is 0 Å². The van der Waals surface area contributed by atoms with Gasteiger partial charge in [-0.1, -0.05) is 61.5 Å². The fraction of sp³-hybridized carbons (Fsp3) is 0.250. The summed E-state index contributed by atoms with van der Waals surface area (Å²) >= 11 is 0. The zero-order valence-corrected chi connectivity index (χ0v) is 19.7. The maximum absolute atomic E-state index is 12.6. The number of benzene rings is 3. The van der Waals surface area contributed by atoms with Crippen LogP contribution in [-0.2, 0) is 9.53 Å². The number of anilines is 1. The zero-order valence-electron chi connectivity index (χ0n) is 19.7. The molecule has 1 atom stereocenters. The Bertz CT molecular complexity index is 1220. The van der Waals surface area contributed by atoms with Crippen molar-refractivity contribution in [3.05, 3.63) is 89.0 Å². The second kappa shape index (κ2) is 10.4. The van der Waals surface area contributed by atoms with E-state index in [-0.39, 0.29) is 30.4 Å². The van der Waals surface area contributed by atoms with Crippen molar-refractivity contribution in [2.24, 2.45) is 0 Å². The summed E-state index contributed by atoms with van der Waals surface area (Å²) in [4.78, 5) is 36.5. The van der Waals surface area contributed by atoms with E-state index in [1.807, 2.05) is 31.2 Å². The molecule has 0 unspecified atom stereocenters. The van der Waals surface area contributed by atoms with Gasteiger partial charge in [0.05, 0.1) is 5.56 Å². The van der Waals surface area contributed by atoms with E-state index in [2.05, 4.69) is 34.9 Å². The molecule has 180 valence electrons. The molecule has 3 N–H and O–H groups in total. The van der Waals surface area contributed by atoms with Gasteiger partial charge in [0.15, 0.2) is 0 Å². The highest BCUT2D eigenvalue weighted by molar-refractivity contribution is 5.96. The second-order valence-corrected chi connectivity index (χ2v) is 8.61. The number of alkyl carbamates (subject to hydrolysis) is 1. The number of carboxylic acid groups (broad SMARTS) is 1. The topological polar surface area (TPSA) is 105 Å². The summed E-state index contributed by atoms with van der Waals surface area (Å²) in [6.45, 7) is 3.72. The first-order valence-electron chi connectivity index (χ1n) is 11.6.